The van der Waals surface area contributed by atoms with Crippen LogP contribution in [0.25, 0.3) is 0 Å². The third-order valence-corrected chi connectivity index (χ3v) is 2.54. The van der Waals surface area contributed by atoms with E-state index < -0.39 is 0 Å². The Bertz CT molecular complexity index is 553. The molecule has 0 bridgehead atoms. The van der Waals surface area contributed by atoms with Gasteiger partial charge in [-0.3, -0.25) is 0 Å². The van der Waals surface area contributed by atoms with Gasteiger partial charge < -0.3 is 10.1 Å². The van der Waals surface area contributed by atoms with Crippen molar-refractivity contribution in [3.63, 3.8) is 0 Å². The molecule has 0 aliphatic rings. The molecule has 0 aliphatic carbocycles. The monoisotopic (exact) mass is 250 g/mol. The van der Waals surface area contributed by atoms with Crippen molar-refractivity contribution in [3.8, 4) is 5.75 Å². The fourth-order valence-electron chi connectivity index (χ4n) is 1.67. The average molecular weight is 250 g/mol. The molecule has 5 nitrogen and oxygen atoms in total. The molecule has 0 saturated heterocycles. The average Bonchev–Trinajstić information content (AvgIpc) is 2.65. The Kier molecular flexibility index (Phi) is 3.45. The molecular formula is C12H15FN4O. The minimum atomic E-state index is -0.369. The van der Waals surface area contributed by atoms with Crippen molar-refractivity contribution in [2.75, 3.05) is 12.4 Å². The lowest BCUT2D eigenvalue weighted by atomic mass is 10.2. The van der Waals surface area contributed by atoms with Gasteiger partial charge in [-0.15, -0.1) is 0 Å². The maximum atomic E-state index is 13.5. The molecule has 0 amide bonds. The van der Waals surface area contributed by atoms with E-state index in [-0.39, 0.29) is 11.6 Å². The predicted molar refractivity (Wildman–Crippen MR) is 66.0 cm³/mol. The highest BCUT2D eigenvalue weighted by atomic mass is 19.1. The van der Waals surface area contributed by atoms with Crippen LogP contribution in [0.2, 0.25) is 0 Å². The second-order valence-electron chi connectivity index (χ2n) is 3.93. The van der Waals surface area contributed by atoms with Crippen LogP contribution in [-0.2, 0) is 13.6 Å². The van der Waals surface area contributed by atoms with Gasteiger partial charge in [0.2, 0.25) is 5.95 Å². The standard InChI is InChI=1S/C12H15FN4O/c1-8-15-12(17(2)16-8)14-7-9-4-5-11(18-3)10(13)6-9/h4-6H,7H2,1-3H3,(H,14,15,16). The predicted octanol–water partition coefficient (Wildman–Crippen LogP) is 1.88. The number of ether oxygens (including phenoxy) is 1. The number of methoxy groups -OCH3 is 1. The summed E-state index contributed by atoms with van der Waals surface area (Å²) in [5, 5.41) is 7.21. The van der Waals surface area contributed by atoms with Gasteiger partial charge in [-0.05, 0) is 24.6 Å². The molecular weight excluding hydrogens is 235 g/mol. The molecule has 1 aromatic heterocycles. The molecule has 1 aromatic carbocycles. The molecule has 6 heteroatoms. The highest BCUT2D eigenvalue weighted by Gasteiger charge is 2.06. The molecule has 0 fully saturated rings. The smallest absolute Gasteiger partial charge is 0.221 e. The molecule has 1 heterocycles. The molecule has 1 N–H and O–H groups in total. The summed E-state index contributed by atoms with van der Waals surface area (Å²) >= 11 is 0. The summed E-state index contributed by atoms with van der Waals surface area (Å²) in [6.07, 6.45) is 0. The molecule has 0 saturated carbocycles. The normalized spacial score (nSPS) is 10.4. The Labute approximate surface area is 105 Å². The molecule has 2 rings (SSSR count). The van der Waals surface area contributed by atoms with Crippen LogP contribution in [0.4, 0.5) is 10.3 Å². The summed E-state index contributed by atoms with van der Waals surface area (Å²) in [4.78, 5) is 4.20. The van der Waals surface area contributed by atoms with Crippen LogP contribution < -0.4 is 10.1 Å². The molecule has 2 aromatic rings. The van der Waals surface area contributed by atoms with Gasteiger partial charge in [0, 0.05) is 13.6 Å². The van der Waals surface area contributed by atoms with E-state index in [4.69, 9.17) is 4.74 Å². The summed E-state index contributed by atoms with van der Waals surface area (Å²) in [7, 11) is 3.25. The zero-order chi connectivity index (χ0) is 13.1. The first-order valence-corrected chi connectivity index (χ1v) is 5.54. The lowest BCUT2D eigenvalue weighted by molar-refractivity contribution is 0.386. The van der Waals surface area contributed by atoms with Crippen LogP contribution >= 0.6 is 0 Å². The van der Waals surface area contributed by atoms with E-state index in [1.807, 2.05) is 6.92 Å². The zero-order valence-electron chi connectivity index (χ0n) is 10.6. The Morgan fingerprint density at radius 2 is 2.22 bits per heavy atom. The maximum absolute atomic E-state index is 13.5. The van der Waals surface area contributed by atoms with E-state index >= 15 is 0 Å². The fourth-order valence-corrected chi connectivity index (χ4v) is 1.67. The summed E-state index contributed by atoms with van der Waals surface area (Å²) in [6, 6.07) is 4.85. The van der Waals surface area contributed by atoms with Crippen molar-refractivity contribution in [2.24, 2.45) is 7.05 Å². The Morgan fingerprint density at radius 1 is 1.44 bits per heavy atom. The Hall–Kier alpha value is -2.11. The Balaban J connectivity index is 2.06. The number of rotatable bonds is 4. The lowest BCUT2D eigenvalue weighted by Gasteiger charge is -2.07. The van der Waals surface area contributed by atoms with Crippen LogP contribution in [-0.4, -0.2) is 21.9 Å². The number of halogens is 1. The van der Waals surface area contributed by atoms with Crippen LogP contribution in [0.15, 0.2) is 18.2 Å². The van der Waals surface area contributed by atoms with E-state index in [9.17, 15) is 4.39 Å². The van der Waals surface area contributed by atoms with Gasteiger partial charge in [0.25, 0.3) is 0 Å². The molecule has 0 unspecified atom stereocenters. The van der Waals surface area contributed by atoms with Crippen molar-refractivity contribution in [2.45, 2.75) is 13.5 Å². The Morgan fingerprint density at radius 3 is 2.78 bits per heavy atom. The molecule has 0 aliphatic heterocycles. The largest absolute Gasteiger partial charge is 0.494 e. The van der Waals surface area contributed by atoms with Crippen molar-refractivity contribution in [3.05, 3.63) is 35.4 Å². The van der Waals surface area contributed by atoms with Crippen LogP contribution in [0.3, 0.4) is 0 Å². The summed E-state index contributed by atoms with van der Waals surface area (Å²) in [5.41, 5.74) is 0.814. The number of aromatic nitrogens is 3. The maximum Gasteiger partial charge on any atom is 0.221 e. The van der Waals surface area contributed by atoms with Gasteiger partial charge in [-0.1, -0.05) is 6.07 Å². The quantitative estimate of drug-likeness (QED) is 0.900. The third-order valence-electron chi connectivity index (χ3n) is 2.54. The SMILES string of the molecule is COc1ccc(CNc2nc(C)nn2C)cc1F. The van der Waals surface area contributed by atoms with Gasteiger partial charge in [0.15, 0.2) is 11.6 Å². The van der Waals surface area contributed by atoms with E-state index in [1.165, 1.54) is 13.2 Å². The van der Waals surface area contributed by atoms with Gasteiger partial charge in [0.05, 0.1) is 7.11 Å². The van der Waals surface area contributed by atoms with E-state index in [0.29, 0.717) is 18.3 Å². The first kappa shape index (κ1) is 12.3. The number of anilines is 1. The second-order valence-corrected chi connectivity index (χ2v) is 3.93. The molecule has 0 spiro atoms. The molecule has 18 heavy (non-hydrogen) atoms. The van der Waals surface area contributed by atoms with Gasteiger partial charge >= 0.3 is 0 Å². The van der Waals surface area contributed by atoms with Crippen LogP contribution in [0, 0.1) is 12.7 Å². The van der Waals surface area contributed by atoms with Crippen LogP contribution in [0.5, 0.6) is 5.75 Å². The molecule has 0 radical (unpaired) electrons. The van der Waals surface area contributed by atoms with Crippen molar-refractivity contribution >= 4 is 5.95 Å². The zero-order valence-corrected chi connectivity index (χ0v) is 10.6. The minimum absolute atomic E-state index is 0.244. The van der Waals surface area contributed by atoms with E-state index in [2.05, 4.69) is 15.4 Å². The number of aryl methyl sites for hydroxylation is 2. The topological polar surface area (TPSA) is 52.0 Å². The highest BCUT2D eigenvalue weighted by molar-refractivity contribution is 5.32. The van der Waals surface area contributed by atoms with Gasteiger partial charge in [-0.2, -0.15) is 10.1 Å². The number of hydrogen-bond acceptors (Lipinski definition) is 4. The minimum Gasteiger partial charge on any atom is -0.494 e. The first-order chi connectivity index (χ1) is 8.60. The number of hydrogen-bond donors (Lipinski definition) is 1. The fraction of sp³-hybridized carbons (Fsp3) is 0.333. The first-order valence-electron chi connectivity index (χ1n) is 5.54. The van der Waals surface area contributed by atoms with Crippen molar-refractivity contribution < 1.29 is 9.13 Å². The third kappa shape index (κ3) is 2.58. The molecule has 96 valence electrons. The number of nitrogens with zero attached hydrogens (tertiary/aromatic N) is 3. The van der Waals surface area contributed by atoms with E-state index in [0.717, 1.165) is 5.56 Å². The van der Waals surface area contributed by atoms with Gasteiger partial charge in [0.1, 0.15) is 5.82 Å². The number of nitrogens with one attached hydrogen (secondary N) is 1. The summed E-state index contributed by atoms with van der Waals surface area (Å²) in [6.45, 7) is 2.30. The summed E-state index contributed by atoms with van der Waals surface area (Å²) in [5.74, 6) is 1.23. The lowest BCUT2D eigenvalue weighted by Crippen LogP contribution is -2.06. The summed E-state index contributed by atoms with van der Waals surface area (Å²) < 4.78 is 20.0. The van der Waals surface area contributed by atoms with Gasteiger partial charge in [-0.25, -0.2) is 9.07 Å². The van der Waals surface area contributed by atoms with E-state index in [1.54, 1.807) is 23.9 Å². The second kappa shape index (κ2) is 5.03. The van der Waals surface area contributed by atoms with Crippen LogP contribution in [0.1, 0.15) is 11.4 Å². The molecule has 0 atom stereocenters. The van der Waals surface area contributed by atoms with Crippen molar-refractivity contribution in [1.29, 1.82) is 0 Å². The van der Waals surface area contributed by atoms with Crippen molar-refractivity contribution in [1.82, 2.24) is 14.8 Å². The number of benzene rings is 1. The highest BCUT2D eigenvalue weighted by Crippen LogP contribution is 2.18.